The summed E-state index contributed by atoms with van der Waals surface area (Å²) in [5, 5.41) is 0. The zero-order valence-electron chi connectivity index (χ0n) is 16.4. The number of hydrogen-bond acceptors (Lipinski definition) is 1. The van der Waals surface area contributed by atoms with Crippen molar-refractivity contribution in [3.63, 3.8) is 0 Å². The molecule has 2 aliphatic carbocycles. The van der Waals surface area contributed by atoms with Crippen molar-refractivity contribution in [1.82, 2.24) is 0 Å². The van der Waals surface area contributed by atoms with Gasteiger partial charge in [0.15, 0.2) is 0 Å². The number of halogens is 4. The lowest BCUT2D eigenvalue weighted by Gasteiger charge is -2.37. The second-order valence-corrected chi connectivity index (χ2v) is 10.5. The van der Waals surface area contributed by atoms with E-state index in [4.69, 9.17) is 5.73 Å². The van der Waals surface area contributed by atoms with E-state index in [-0.39, 0.29) is 11.1 Å². The van der Waals surface area contributed by atoms with Crippen molar-refractivity contribution in [3.05, 3.63) is 53.3 Å². The van der Waals surface area contributed by atoms with Crippen molar-refractivity contribution in [1.29, 1.82) is 0 Å². The minimum atomic E-state index is -0.863. The highest BCUT2D eigenvalue weighted by atomic mass is 127. The van der Waals surface area contributed by atoms with Crippen molar-refractivity contribution < 1.29 is 13.2 Å². The molecular weight excluding hydrogens is 486 g/mol. The van der Waals surface area contributed by atoms with Gasteiger partial charge in [-0.2, -0.15) is 0 Å². The van der Waals surface area contributed by atoms with Gasteiger partial charge in [0.2, 0.25) is 0 Å². The Hall–Kier alpha value is -1.24. The highest BCUT2D eigenvalue weighted by molar-refractivity contribution is 14.1. The number of hydrogen-bond donors (Lipinski definition) is 1. The maximum absolute atomic E-state index is 14.8. The van der Waals surface area contributed by atoms with Crippen LogP contribution in [0.2, 0.25) is 0 Å². The summed E-state index contributed by atoms with van der Waals surface area (Å²) in [5.41, 5.74) is 6.16. The highest BCUT2D eigenvalue weighted by Crippen LogP contribution is 2.44. The summed E-state index contributed by atoms with van der Waals surface area (Å²) in [7, 11) is 0. The van der Waals surface area contributed by atoms with Gasteiger partial charge in [0.05, 0.1) is 0 Å². The van der Waals surface area contributed by atoms with Gasteiger partial charge in [0, 0.05) is 9.49 Å². The van der Waals surface area contributed by atoms with Gasteiger partial charge in [-0.15, -0.1) is 0 Å². The SMILES string of the molecule is Nc1c(F)cc(-c2ccc(C3CCC(C4CCC(I)CC4)CC3)cc2F)cc1F. The van der Waals surface area contributed by atoms with Crippen LogP contribution < -0.4 is 5.73 Å². The summed E-state index contributed by atoms with van der Waals surface area (Å²) in [6, 6.07) is 7.28. The molecule has 2 fully saturated rings. The van der Waals surface area contributed by atoms with Crippen LogP contribution in [-0.2, 0) is 0 Å². The Bertz CT molecular complexity index is 845. The van der Waals surface area contributed by atoms with Gasteiger partial charge in [0.25, 0.3) is 0 Å². The van der Waals surface area contributed by atoms with Crippen LogP contribution in [0.25, 0.3) is 11.1 Å². The topological polar surface area (TPSA) is 26.0 Å². The fraction of sp³-hybridized carbons (Fsp3) is 0.500. The minimum Gasteiger partial charge on any atom is -0.394 e. The van der Waals surface area contributed by atoms with E-state index in [0.717, 1.165) is 46.3 Å². The molecule has 0 aliphatic heterocycles. The van der Waals surface area contributed by atoms with Crippen LogP contribution in [0, 0.1) is 29.3 Å². The molecule has 2 saturated carbocycles. The lowest BCUT2D eigenvalue weighted by molar-refractivity contribution is 0.189. The Balaban J connectivity index is 1.44. The van der Waals surface area contributed by atoms with Gasteiger partial charge >= 0.3 is 0 Å². The van der Waals surface area contributed by atoms with Crippen LogP contribution in [0.5, 0.6) is 0 Å². The molecule has 0 spiro atoms. The fourth-order valence-electron chi connectivity index (χ4n) is 5.23. The predicted octanol–water partition coefficient (Wildman–Crippen LogP) is 7.62. The molecule has 2 aliphatic rings. The third-order valence-electron chi connectivity index (χ3n) is 6.99. The minimum absolute atomic E-state index is 0.174. The van der Waals surface area contributed by atoms with Crippen molar-refractivity contribution in [2.24, 2.45) is 11.8 Å². The van der Waals surface area contributed by atoms with Gasteiger partial charge in [-0.05, 0) is 98.4 Å². The average Bonchev–Trinajstić information content (AvgIpc) is 2.72. The molecule has 1 nitrogen and oxygen atoms in total. The largest absolute Gasteiger partial charge is 0.394 e. The molecule has 0 unspecified atom stereocenters. The number of nitrogen functional groups attached to an aromatic ring is 1. The Kier molecular flexibility index (Phi) is 6.42. The first-order chi connectivity index (χ1) is 13.9. The van der Waals surface area contributed by atoms with Gasteiger partial charge in [0.1, 0.15) is 23.1 Å². The number of benzene rings is 2. The second-order valence-electron chi connectivity index (χ2n) is 8.72. The number of rotatable bonds is 3. The lowest BCUT2D eigenvalue weighted by atomic mass is 9.70. The number of alkyl halides is 1. The molecule has 0 bridgehead atoms. The van der Waals surface area contributed by atoms with Crippen LogP contribution in [0.3, 0.4) is 0 Å². The van der Waals surface area contributed by atoms with E-state index in [9.17, 15) is 13.2 Å². The van der Waals surface area contributed by atoms with Crippen molar-refractivity contribution in [3.8, 4) is 11.1 Å². The molecule has 0 aromatic heterocycles. The summed E-state index contributed by atoms with van der Waals surface area (Å²) < 4.78 is 43.1. The smallest absolute Gasteiger partial charge is 0.149 e. The molecule has 29 heavy (non-hydrogen) atoms. The van der Waals surface area contributed by atoms with Crippen LogP contribution in [0.15, 0.2) is 30.3 Å². The summed E-state index contributed by atoms with van der Waals surface area (Å²) in [6.07, 6.45) is 10.1. The van der Waals surface area contributed by atoms with Crippen LogP contribution >= 0.6 is 22.6 Å². The second kappa shape index (κ2) is 8.86. The molecule has 2 aromatic rings. The van der Waals surface area contributed by atoms with E-state index in [1.165, 1.54) is 38.5 Å². The van der Waals surface area contributed by atoms with E-state index in [1.807, 2.05) is 6.07 Å². The van der Waals surface area contributed by atoms with Gasteiger partial charge < -0.3 is 5.73 Å². The summed E-state index contributed by atoms with van der Waals surface area (Å²) in [5.74, 6) is -0.0997. The van der Waals surface area contributed by atoms with Crippen molar-refractivity contribution in [2.45, 2.75) is 61.2 Å². The molecule has 5 heteroatoms. The molecule has 0 amide bonds. The Morgan fingerprint density at radius 2 is 1.28 bits per heavy atom. The molecule has 156 valence electrons. The zero-order valence-corrected chi connectivity index (χ0v) is 18.6. The third-order valence-corrected chi connectivity index (χ3v) is 8.24. The zero-order chi connectivity index (χ0) is 20.5. The first-order valence-corrected chi connectivity index (χ1v) is 11.9. The summed E-state index contributed by atoms with van der Waals surface area (Å²) in [6.45, 7) is 0. The molecule has 0 atom stereocenters. The standard InChI is InChI=1S/C24H27F3IN/c25-21-11-17(7-10-20(21)18-12-22(26)24(29)23(27)13-18)16-3-1-14(2-4-16)15-5-8-19(28)9-6-15/h7,10-16,19H,1-6,8-9,29H2. The lowest BCUT2D eigenvalue weighted by Crippen LogP contribution is -2.25. The normalized spacial score (nSPS) is 27.7. The molecule has 2 aromatic carbocycles. The Morgan fingerprint density at radius 1 is 0.724 bits per heavy atom. The first kappa shape index (κ1) is 21.0. The maximum atomic E-state index is 14.8. The maximum Gasteiger partial charge on any atom is 0.149 e. The van der Waals surface area contributed by atoms with Crippen molar-refractivity contribution >= 4 is 28.3 Å². The summed E-state index contributed by atoms with van der Waals surface area (Å²) >= 11 is 2.58. The third kappa shape index (κ3) is 4.59. The van der Waals surface area contributed by atoms with E-state index in [1.54, 1.807) is 12.1 Å². The Labute approximate surface area is 184 Å². The first-order valence-electron chi connectivity index (χ1n) is 10.6. The number of nitrogens with two attached hydrogens (primary N) is 1. The fourth-order valence-corrected chi connectivity index (χ4v) is 5.95. The van der Waals surface area contributed by atoms with E-state index in [2.05, 4.69) is 22.6 Å². The van der Waals surface area contributed by atoms with Gasteiger partial charge in [-0.1, -0.05) is 34.7 Å². The molecule has 4 rings (SSSR count). The van der Waals surface area contributed by atoms with Gasteiger partial charge in [-0.3, -0.25) is 0 Å². The summed E-state index contributed by atoms with van der Waals surface area (Å²) in [4.78, 5) is 0. The van der Waals surface area contributed by atoms with E-state index >= 15 is 0 Å². The van der Waals surface area contributed by atoms with Gasteiger partial charge in [-0.25, -0.2) is 13.2 Å². The van der Waals surface area contributed by atoms with E-state index in [0.29, 0.717) is 5.92 Å². The molecule has 0 saturated heterocycles. The van der Waals surface area contributed by atoms with E-state index < -0.39 is 23.1 Å². The number of anilines is 1. The van der Waals surface area contributed by atoms with Crippen LogP contribution in [0.1, 0.15) is 62.8 Å². The molecule has 2 N–H and O–H groups in total. The predicted molar refractivity (Wildman–Crippen MR) is 121 cm³/mol. The molecule has 0 radical (unpaired) electrons. The Morgan fingerprint density at radius 3 is 1.83 bits per heavy atom. The van der Waals surface area contributed by atoms with Crippen LogP contribution in [-0.4, -0.2) is 3.92 Å². The quantitative estimate of drug-likeness (QED) is 0.255. The van der Waals surface area contributed by atoms with Crippen molar-refractivity contribution in [2.75, 3.05) is 5.73 Å². The monoisotopic (exact) mass is 513 g/mol. The van der Waals surface area contributed by atoms with Crippen LogP contribution in [0.4, 0.5) is 18.9 Å². The average molecular weight is 513 g/mol. The highest BCUT2D eigenvalue weighted by Gasteiger charge is 2.31. The molecular formula is C24H27F3IN. The molecule has 0 heterocycles.